The van der Waals surface area contributed by atoms with Crippen LogP contribution in [0.1, 0.15) is 40.3 Å². The fourth-order valence-electron chi connectivity index (χ4n) is 4.46. The maximum atomic E-state index is 13.6. The summed E-state index contributed by atoms with van der Waals surface area (Å²) in [5, 5.41) is 3.16. The van der Waals surface area contributed by atoms with Crippen LogP contribution in [0.15, 0.2) is 28.5 Å². The number of aromatic nitrogens is 1. The Balaban J connectivity index is 1.54. The molecule has 0 unspecified atom stereocenters. The van der Waals surface area contributed by atoms with Gasteiger partial charge < -0.3 is 9.80 Å². The highest BCUT2D eigenvalue weighted by molar-refractivity contribution is 7.89. The number of aryl methyl sites for hydroxylation is 1. The topological polar surface area (TPSA) is 77.1 Å². The summed E-state index contributed by atoms with van der Waals surface area (Å²) in [6, 6.07) is 5.02. The van der Waals surface area contributed by atoms with E-state index in [1.807, 2.05) is 17.9 Å². The van der Waals surface area contributed by atoms with Crippen molar-refractivity contribution in [2.75, 3.05) is 58.3 Å². The molecule has 10 heteroatoms. The number of piperazine rings is 1. The van der Waals surface area contributed by atoms with E-state index < -0.39 is 10.0 Å². The van der Waals surface area contributed by atoms with Crippen molar-refractivity contribution in [2.45, 2.75) is 37.6 Å². The molecule has 0 bridgehead atoms. The number of nitrogens with zero attached hydrogens (tertiary/aromatic N) is 5. The van der Waals surface area contributed by atoms with Gasteiger partial charge in [-0.2, -0.15) is 0 Å². The average molecular weight is 492 g/mol. The van der Waals surface area contributed by atoms with Gasteiger partial charge in [0.15, 0.2) is 0 Å². The van der Waals surface area contributed by atoms with Crippen LogP contribution >= 0.6 is 11.3 Å². The number of anilines is 1. The number of carbonyl (C=O) groups excluding carboxylic acids is 1. The highest BCUT2D eigenvalue weighted by Gasteiger charge is 2.28. The molecule has 4 rings (SSSR count). The van der Waals surface area contributed by atoms with Crippen LogP contribution in [0.2, 0.25) is 0 Å². The number of piperidine rings is 1. The molecule has 2 aliphatic heterocycles. The summed E-state index contributed by atoms with van der Waals surface area (Å²) in [5.74, 6) is -0.0875. The van der Waals surface area contributed by atoms with Crippen molar-refractivity contribution in [3.63, 3.8) is 0 Å². The monoisotopic (exact) mass is 491 g/mol. The second-order valence-corrected chi connectivity index (χ2v) is 12.2. The Morgan fingerprint density at radius 2 is 1.76 bits per heavy atom. The number of carbonyl (C=O) groups is 1. The van der Waals surface area contributed by atoms with Crippen molar-refractivity contribution in [3.8, 4) is 0 Å². The van der Waals surface area contributed by atoms with E-state index >= 15 is 0 Å². The molecule has 0 spiro atoms. The average Bonchev–Trinajstić information content (AvgIpc) is 3.23. The molecule has 1 amide bonds. The normalized spacial score (nSPS) is 18.2. The van der Waals surface area contributed by atoms with Gasteiger partial charge >= 0.3 is 0 Å². The standard InChI is InChI=1S/C23H33N5O3S2/c1-18-24-19(17-32-18)16-26-11-13-28(14-12-26)23(29)21-15-20(33(30,31)25(2)3)7-8-22(21)27-9-5-4-6-10-27/h7-8,15,17H,4-6,9-14,16H2,1-3H3. The van der Waals surface area contributed by atoms with Crippen LogP contribution < -0.4 is 4.90 Å². The predicted octanol–water partition coefficient (Wildman–Crippen LogP) is 2.65. The highest BCUT2D eigenvalue weighted by Crippen LogP contribution is 2.29. The Morgan fingerprint density at radius 1 is 1.06 bits per heavy atom. The number of sulfonamides is 1. The number of hydrogen-bond donors (Lipinski definition) is 0. The summed E-state index contributed by atoms with van der Waals surface area (Å²) < 4.78 is 26.7. The third-order valence-electron chi connectivity index (χ3n) is 6.39. The molecule has 0 atom stereocenters. The largest absolute Gasteiger partial charge is 0.371 e. The maximum Gasteiger partial charge on any atom is 0.256 e. The summed E-state index contributed by atoms with van der Waals surface area (Å²) in [7, 11) is -0.598. The van der Waals surface area contributed by atoms with Crippen LogP contribution in [0.25, 0.3) is 0 Å². The third kappa shape index (κ3) is 5.40. The van der Waals surface area contributed by atoms with Crippen molar-refractivity contribution >= 4 is 33.0 Å². The molecule has 33 heavy (non-hydrogen) atoms. The van der Waals surface area contributed by atoms with Crippen molar-refractivity contribution in [2.24, 2.45) is 0 Å². The molecular weight excluding hydrogens is 458 g/mol. The summed E-state index contributed by atoms with van der Waals surface area (Å²) in [5.41, 5.74) is 2.41. The van der Waals surface area contributed by atoms with Crippen LogP contribution in [-0.4, -0.2) is 86.8 Å². The first-order valence-corrected chi connectivity index (χ1v) is 13.8. The van der Waals surface area contributed by atoms with Crippen LogP contribution in [0.4, 0.5) is 5.69 Å². The molecule has 2 fully saturated rings. The molecule has 8 nitrogen and oxygen atoms in total. The van der Waals surface area contributed by atoms with Gasteiger partial charge in [-0.1, -0.05) is 0 Å². The van der Waals surface area contributed by atoms with Crippen molar-refractivity contribution in [3.05, 3.63) is 39.8 Å². The predicted molar refractivity (Wildman–Crippen MR) is 131 cm³/mol. The van der Waals surface area contributed by atoms with E-state index in [0.29, 0.717) is 18.7 Å². The van der Waals surface area contributed by atoms with Gasteiger partial charge in [-0.15, -0.1) is 11.3 Å². The number of thiazole rings is 1. The summed E-state index contributed by atoms with van der Waals surface area (Å²) in [6.45, 7) is 7.37. The zero-order valence-corrected chi connectivity index (χ0v) is 21.3. The van der Waals surface area contributed by atoms with Crippen LogP contribution in [0, 0.1) is 6.92 Å². The molecule has 1 aromatic carbocycles. The first kappa shape index (κ1) is 24.1. The fraction of sp³-hybridized carbons (Fsp3) is 0.565. The van der Waals surface area contributed by atoms with Crippen LogP contribution in [0.5, 0.6) is 0 Å². The maximum absolute atomic E-state index is 13.6. The van der Waals surface area contributed by atoms with Gasteiger partial charge in [-0.3, -0.25) is 9.69 Å². The molecular formula is C23H33N5O3S2. The SMILES string of the molecule is Cc1nc(CN2CCN(C(=O)c3cc(S(=O)(=O)N(C)C)ccc3N3CCCCC3)CC2)cs1. The van der Waals surface area contributed by atoms with Gasteiger partial charge in [0.25, 0.3) is 5.91 Å². The number of amides is 1. The Kier molecular flexibility index (Phi) is 7.37. The van der Waals surface area contributed by atoms with Crippen LogP contribution in [-0.2, 0) is 16.6 Å². The van der Waals surface area contributed by atoms with Gasteiger partial charge in [0.1, 0.15) is 0 Å². The summed E-state index contributed by atoms with van der Waals surface area (Å²) in [4.78, 5) is 24.8. The summed E-state index contributed by atoms with van der Waals surface area (Å²) in [6.07, 6.45) is 3.35. The molecule has 0 radical (unpaired) electrons. The molecule has 2 saturated heterocycles. The minimum Gasteiger partial charge on any atom is -0.371 e. The lowest BCUT2D eigenvalue weighted by Gasteiger charge is -2.36. The van der Waals surface area contributed by atoms with Gasteiger partial charge in [-0.05, 0) is 44.4 Å². The molecule has 180 valence electrons. The van der Waals surface area contributed by atoms with E-state index in [2.05, 4.69) is 20.2 Å². The van der Waals surface area contributed by atoms with E-state index in [0.717, 1.165) is 62.0 Å². The molecule has 0 N–H and O–H groups in total. The van der Waals surface area contributed by atoms with Crippen molar-refractivity contribution in [1.29, 1.82) is 0 Å². The van der Waals surface area contributed by atoms with E-state index in [1.54, 1.807) is 23.5 Å². The third-order valence-corrected chi connectivity index (χ3v) is 9.02. The van der Waals surface area contributed by atoms with Crippen LogP contribution in [0.3, 0.4) is 0 Å². The Labute approximate surface area is 200 Å². The molecule has 2 aliphatic rings. The molecule has 2 aromatic rings. The number of hydrogen-bond acceptors (Lipinski definition) is 7. The van der Waals surface area contributed by atoms with Crippen molar-refractivity contribution in [1.82, 2.24) is 19.1 Å². The van der Waals surface area contributed by atoms with E-state index in [1.165, 1.54) is 24.8 Å². The molecule has 1 aromatic heterocycles. The van der Waals surface area contributed by atoms with Gasteiger partial charge in [0.2, 0.25) is 10.0 Å². The zero-order valence-electron chi connectivity index (χ0n) is 19.7. The molecule has 0 aliphatic carbocycles. The minimum atomic E-state index is -3.62. The Bertz CT molecular complexity index is 1090. The van der Waals surface area contributed by atoms with E-state index in [9.17, 15) is 13.2 Å². The second kappa shape index (κ2) is 10.1. The van der Waals surface area contributed by atoms with E-state index in [4.69, 9.17) is 0 Å². The quantitative estimate of drug-likeness (QED) is 0.618. The first-order chi connectivity index (χ1) is 15.8. The first-order valence-electron chi connectivity index (χ1n) is 11.5. The number of rotatable bonds is 6. The Hall–Kier alpha value is -2.01. The van der Waals surface area contributed by atoms with E-state index in [-0.39, 0.29) is 10.8 Å². The lowest BCUT2D eigenvalue weighted by molar-refractivity contribution is 0.0627. The lowest BCUT2D eigenvalue weighted by Crippen LogP contribution is -2.48. The Morgan fingerprint density at radius 3 is 2.36 bits per heavy atom. The smallest absolute Gasteiger partial charge is 0.256 e. The van der Waals surface area contributed by atoms with Gasteiger partial charge in [0.05, 0.1) is 21.2 Å². The zero-order chi connectivity index (χ0) is 23.6. The van der Waals surface area contributed by atoms with Crippen molar-refractivity contribution < 1.29 is 13.2 Å². The van der Waals surface area contributed by atoms with Gasteiger partial charge in [0, 0.05) is 71.0 Å². The lowest BCUT2D eigenvalue weighted by atomic mass is 10.1. The fourth-order valence-corrected chi connectivity index (χ4v) is 5.99. The summed E-state index contributed by atoms with van der Waals surface area (Å²) >= 11 is 1.66. The molecule has 0 saturated carbocycles. The van der Waals surface area contributed by atoms with Gasteiger partial charge in [-0.25, -0.2) is 17.7 Å². The second-order valence-electron chi connectivity index (χ2n) is 8.94. The molecule has 3 heterocycles. The number of benzene rings is 1. The highest BCUT2D eigenvalue weighted by atomic mass is 32.2. The minimum absolute atomic E-state index is 0.0875.